The molecule has 0 aliphatic rings. The zero-order valence-electron chi connectivity index (χ0n) is 10.6. The predicted octanol–water partition coefficient (Wildman–Crippen LogP) is 1.61. The normalized spacial score (nSPS) is 14.1. The third-order valence-electron chi connectivity index (χ3n) is 2.20. The second-order valence-corrected chi connectivity index (χ2v) is 8.36. The summed E-state index contributed by atoms with van der Waals surface area (Å²) in [6, 6.07) is 0. The Morgan fingerprint density at radius 2 is 1.62 bits per heavy atom. The van der Waals surface area contributed by atoms with Crippen LogP contribution in [0.1, 0.15) is 41.5 Å². The summed E-state index contributed by atoms with van der Waals surface area (Å²) in [6.07, 6.45) is 1.46. The molecule has 6 heteroatoms. The molecule has 1 heterocycles. The maximum atomic E-state index is 12.1. The summed E-state index contributed by atoms with van der Waals surface area (Å²) in [5.41, 5.74) is -0.265. The molecule has 5 nitrogen and oxygen atoms in total. The summed E-state index contributed by atoms with van der Waals surface area (Å²) >= 11 is 0. The van der Waals surface area contributed by atoms with E-state index in [1.54, 1.807) is 25.5 Å². The van der Waals surface area contributed by atoms with Gasteiger partial charge in [0.05, 0.1) is 10.3 Å². The quantitative estimate of drug-likeness (QED) is 0.754. The summed E-state index contributed by atoms with van der Waals surface area (Å²) in [6.45, 7) is 10.7. The second-order valence-electron chi connectivity index (χ2n) is 5.76. The van der Waals surface area contributed by atoms with Gasteiger partial charge in [0.2, 0.25) is 9.84 Å². The molecule has 0 bridgehead atoms. The van der Waals surface area contributed by atoms with Crippen LogP contribution >= 0.6 is 0 Å². The Hall–Kier alpha value is -0.910. The van der Waals surface area contributed by atoms with Crippen LogP contribution in [0.4, 0.5) is 0 Å². The summed E-state index contributed by atoms with van der Waals surface area (Å²) in [7, 11) is -3.46. The standard InChI is InChI=1S/C10H19N3O2S/c1-9(2,3)13-7-11-8(12-13)16(14,15)10(4,5)6/h7H,1-6H3. The fourth-order valence-corrected chi connectivity index (χ4v) is 1.90. The van der Waals surface area contributed by atoms with Crippen molar-refractivity contribution in [3.05, 3.63) is 6.33 Å². The molecule has 0 saturated heterocycles. The molecule has 0 saturated carbocycles. The van der Waals surface area contributed by atoms with Gasteiger partial charge in [-0.1, -0.05) is 0 Å². The molecule has 0 atom stereocenters. The monoisotopic (exact) mass is 245 g/mol. The van der Waals surface area contributed by atoms with Crippen LogP contribution in [0.5, 0.6) is 0 Å². The molecule has 1 aromatic rings. The molecule has 92 valence electrons. The summed E-state index contributed by atoms with van der Waals surface area (Å²) < 4.78 is 24.8. The molecule has 16 heavy (non-hydrogen) atoms. The Bertz CT molecular complexity index is 475. The van der Waals surface area contributed by atoms with Gasteiger partial charge in [0.15, 0.2) is 0 Å². The van der Waals surface area contributed by atoms with Gasteiger partial charge in [-0.05, 0) is 41.5 Å². The first-order chi connectivity index (χ1) is 6.96. The molecule has 0 amide bonds. The summed E-state index contributed by atoms with van der Waals surface area (Å²) in [5.74, 6) is 0. The van der Waals surface area contributed by atoms with Crippen LogP contribution in [0, 0.1) is 0 Å². The number of rotatable bonds is 1. The Kier molecular flexibility index (Phi) is 2.92. The molecule has 0 aromatic carbocycles. The largest absolute Gasteiger partial charge is 0.267 e. The van der Waals surface area contributed by atoms with Crippen molar-refractivity contribution in [3.63, 3.8) is 0 Å². The van der Waals surface area contributed by atoms with Crippen LogP contribution in [0.2, 0.25) is 0 Å². The first kappa shape index (κ1) is 13.2. The molecular weight excluding hydrogens is 226 g/mol. The Morgan fingerprint density at radius 1 is 1.12 bits per heavy atom. The van der Waals surface area contributed by atoms with E-state index in [0.29, 0.717) is 0 Å². The fraction of sp³-hybridized carbons (Fsp3) is 0.800. The van der Waals surface area contributed by atoms with Crippen molar-refractivity contribution in [2.45, 2.75) is 57.0 Å². The molecule has 0 fully saturated rings. The molecule has 0 aliphatic heterocycles. The smallest absolute Gasteiger partial charge is 0.246 e. The van der Waals surface area contributed by atoms with E-state index >= 15 is 0 Å². The van der Waals surface area contributed by atoms with Gasteiger partial charge in [0.25, 0.3) is 5.16 Å². The zero-order valence-corrected chi connectivity index (χ0v) is 11.5. The van der Waals surface area contributed by atoms with E-state index < -0.39 is 14.6 Å². The number of hydrogen-bond acceptors (Lipinski definition) is 4. The Balaban J connectivity index is 3.24. The zero-order chi connectivity index (χ0) is 12.8. The molecule has 1 aromatic heterocycles. The van der Waals surface area contributed by atoms with Crippen LogP contribution in [0.25, 0.3) is 0 Å². The molecular formula is C10H19N3O2S. The average molecular weight is 245 g/mol. The lowest BCUT2D eigenvalue weighted by Crippen LogP contribution is -2.29. The van der Waals surface area contributed by atoms with Crippen LogP contribution < -0.4 is 0 Å². The van der Waals surface area contributed by atoms with E-state index in [1.807, 2.05) is 20.8 Å². The topological polar surface area (TPSA) is 64.8 Å². The first-order valence-electron chi connectivity index (χ1n) is 5.13. The van der Waals surface area contributed by atoms with Crippen LogP contribution in [0.15, 0.2) is 11.5 Å². The van der Waals surface area contributed by atoms with Gasteiger partial charge in [-0.2, -0.15) is 0 Å². The van der Waals surface area contributed by atoms with Gasteiger partial charge in [0, 0.05) is 0 Å². The van der Waals surface area contributed by atoms with Gasteiger partial charge in [-0.3, -0.25) is 0 Å². The van der Waals surface area contributed by atoms with Crippen molar-refractivity contribution in [1.82, 2.24) is 14.8 Å². The van der Waals surface area contributed by atoms with Crippen molar-refractivity contribution in [2.75, 3.05) is 0 Å². The minimum atomic E-state index is -3.46. The van der Waals surface area contributed by atoms with E-state index in [0.717, 1.165) is 0 Å². The maximum absolute atomic E-state index is 12.1. The summed E-state index contributed by atoms with van der Waals surface area (Å²) in [5, 5.41) is 3.94. The number of hydrogen-bond donors (Lipinski definition) is 0. The van der Waals surface area contributed by atoms with Crippen molar-refractivity contribution in [3.8, 4) is 0 Å². The molecule has 0 radical (unpaired) electrons. The maximum Gasteiger partial charge on any atom is 0.267 e. The highest BCUT2D eigenvalue weighted by Crippen LogP contribution is 2.22. The number of sulfone groups is 1. The molecule has 0 N–H and O–H groups in total. The molecule has 0 spiro atoms. The van der Waals surface area contributed by atoms with Crippen molar-refractivity contribution < 1.29 is 8.42 Å². The number of aromatic nitrogens is 3. The third kappa shape index (κ3) is 2.26. The third-order valence-corrected chi connectivity index (χ3v) is 4.48. The lowest BCUT2D eigenvalue weighted by Gasteiger charge is -2.19. The molecule has 1 rings (SSSR count). The van der Waals surface area contributed by atoms with E-state index in [2.05, 4.69) is 10.1 Å². The molecule has 0 aliphatic carbocycles. The van der Waals surface area contributed by atoms with E-state index in [9.17, 15) is 8.42 Å². The lowest BCUT2D eigenvalue weighted by molar-refractivity contribution is 0.349. The van der Waals surface area contributed by atoms with Crippen LogP contribution in [-0.2, 0) is 15.4 Å². The van der Waals surface area contributed by atoms with Crippen LogP contribution in [-0.4, -0.2) is 27.9 Å². The minimum absolute atomic E-state index is 0.102. The van der Waals surface area contributed by atoms with E-state index in [1.165, 1.54) is 6.33 Å². The second kappa shape index (κ2) is 3.55. The average Bonchev–Trinajstić information content (AvgIpc) is 2.47. The van der Waals surface area contributed by atoms with Crippen molar-refractivity contribution in [2.24, 2.45) is 0 Å². The van der Waals surface area contributed by atoms with E-state index in [4.69, 9.17) is 0 Å². The van der Waals surface area contributed by atoms with Crippen molar-refractivity contribution in [1.29, 1.82) is 0 Å². The van der Waals surface area contributed by atoms with Gasteiger partial charge in [-0.15, -0.1) is 5.10 Å². The first-order valence-corrected chi connectivity index (χ1v) is 6.61. The predicted molar refractivity (Wildman–Crippen MR) is 62.0 cm³/mol. The lowest BCUT2D eigenvalue weighted by atomic mass is 10.1. The number of nitrogens with zero attached hydrogens (tertiary/aromatic N) is 3. The van der Waals surface area contributed by atoms with Gasteiger partial charge in [0.1, 0.15) is 6.33 Å². The van der Waals surface area contributed by atoms with Crippen LogP contribution in [0.3, 0.4) is 0 Å². The highest BCUT2D eigenvalue weighted by Gasteiger charge is 2.35. The minimum Gasteiger partial charge on any atom is -0.246 e. The van der Waals surface area contributed by atoms with Crippen molar-refractivity contribution >= 4 is 9.84 Å². The SMILES string of the molecule is CC(C)(C)n1cnc(S(=O)(=O)C(C)(C)C)n1. The van der Waals surface area contributed by atoms with Gasteiger partial charge < -0.3 is 0 Å². The van der Waals surface area contributed by atoms with E-state index in [-0.39, 0.29) is 10.7 Å². The Morgan fingerprint density at radius 3 is 1.94 bits per heavy atom. The Labute approximate surface area is 96.8 Å². The van der Waals surface area contributed by atoms with Gasteiger partial charge in [-0.25, -0.2) is 18.1 Å². The summed E-state index contributed by atoms with van der Waals surface area (Å²) in [4.78, 5) is 3.88. The fourth-order valence-electron chi connectivity index (χ4n) is 0.968. The molecule has 0 unspecified atom stereocenters. The van der Waals surface area contributed by atoms with Gasteiger partial charge >= 0.3 is 0 Å². The highest BCUT2D eigenvalue weighted by atomic mass is 32.2. The highest BCUT2D eigenvalue weighted by molar-refractivity contribution is 7.92.